The lowest BCUT2D eigenvalue weighted by Crippen LogP contribution is -3.11. The van der Waals surface area contributed by atoms with Gasteiger partial charge in [-0.25, -0.2) is 0 Å². The Kier molecular flexibility index (Phi) is 7.66. The van der Waals surface area contributed by atoms with Gasteiger partial charge < -0.3 is 15.1 Å². The van der Waals surface area contributed by atoms with Gasteiger partial charge in [0.15, 0.2) is 13.1 Å². The highest BCUT2D eigenvalue weighted by atomic mass is 35.5. The fraction of sp³-hybridized carbons (Fsp3) is 0.300. The summed E-state index contributed by atoms with van der Waals surface area (Å²) in [5.74, 6) is -0.219. The summed E-state index contributed by atoms with van der Waals surface area (Å²) in [6, 6.07) is 14.7. The van der Waals surface area contributed by atoms with Crippen LogP contribution >= 0.6 is 23.2 Å². The molecule has 0 spiro atoms. The first kappa shape index (κ1) is 21.2. The van der Waals surface area contributed by atoms with E-state index < -0.39 is 0 Å². The lowest BCUT2D eigenvalue weighted by molar-refractivity contribution is -0.862. The Morgan fingerprint density at radius 1 is 1.07 bits per heavy atom. The first-order chi connectivity index (χ1) is 12.8. The van der Waals surface area contributed by atoms with E-state index in [4.69, 9.17) is 23.2 Å². The van der Waals surface area contributed by atoms with Gasteiger partial charge in [0.25, 0.3) is 11.8 Å². The molecule has 0 aliphatic carbocycles. The molecule has 0 saturated carbocycles. The van der Waals surface area contributed by atoms with E-state index in [1.165, 1.54) is 0 Å². The highest BCUT2D eigenvalue weighted by Gasteiger charge is 2.21. The van der Waals surface area contributed by atoms with Gasteiger partial charge in [-0.3, -0.25) is 9.59 Å². The number of nitrogens with zero attached hydrogens (tertiary/aromatic N) is 1. The number of nitrogens with one attached hydrogen (secondary N) is 2. The van der Waals surface area contributed by atoms with Crippen LogP contribution in [-0.2, 0) is 9.59 Å². The largest absolute Gasteiger partial charge is 0.334 e. The Morgan fingerprint density at radius 2 is 1.74 bits per heavy atom. The van der Waals surface area contributed by atoms with Crippen LogP contribution in [-0.4, -0.2) is 43.9 Å². The van der Waals surface area contributed by atoms with Crippen molar-refractivity contribution in [3.8, 4) is 0 Å². The van der Waals surface area contributed by atoms with Crippen molar-refractivity contribution in [2.45, 2.75) is 13.0 Å². The third kappa shape index (κ3) is 6.24. The summed E-state index contributed by atoms with van der Waals surface area (Å²) in [6.07, 6.45) is 0. The molecule has 27 heavy (non-hydrogen) atoms. The van der Waals surface area contributed by atoms with Crippen molar-refractivity contribution >= 4 is 40.7 Å². The molecule has 7 heteroatoms. The van der Waals surface area contributed by atoms with Crippen molar-refractivity contribution in [3.63, 3.8) is 0 Å². The summed E-state index contributed by atoms with van der Waals surface area (Å²) < 4.78 is 0. The summed E-state index contributed by atoms with van der Waals surface area (Å²) in [7, 11) is 3.59. The molecular formula is C20H24Cl2N3O2+. The summed E-state index contributed by atoms with van der Waals surface area (Å²) in [4.78, 5) is 27.2. The highest BCUT2D eigenvalue weighted by Crippen LogP contribution is 2.24. The quantitative estimate of drug-likeness (QED) is 0.739. The molecule has 5 nitrogen and oxygen atoms in total. The van der Waals surface area contributed by atoms with E-state index in [1.807, 2.05) is 44.3 Å². The maximum absolute atomic E-state index is 12.5. The molecule has 1 unspecified atom stereocenters. The van der Waals surface area contributed by atoms with Crippen LogP contribution in [0.5, 0.6) is 0 Å². The second-order valence-corrected chi connectivity index (χ2v) is 7.39. The molecule has 0 radical (unpaired) electrons. The lowest BCUT2D eigenvalue weighted by Gasteiger charge is -2.26. The predicted octanol–water partition coefficient (Wildman–Crippen LogP) is 2.67. The van der Waals surface area contributed by atoms with Crippen molar-refractivity contribution < 1.29 is 14.5 Å². The topological polar surface area (TPSA) is 53.9 Å². The third-order valence-corrected chi connectivity index (χ3v) is 5.11. The van der Waals surface area contributed by atoms with Gasteiger partial charge >= 0.3 is 0 Å². The molecule has 0 aliphatic heterocycles. The van der Waals surface area contributed by atoms with Crippen LogP contribution < -0.4 is 10.2 Å². The Morgan fingerprint density at radius 3 is 2.37 bits per heavy atom. The minimum atomic E-state index is -0.197. The minimum absolute atomic E-state index is 0.0220. The predicted molar refractivity (Wildman–Crippen MR) is 109 cm³/mol. The molecule has 144 valence electrons. The molecule has 0 aliphatic rings. The van der Waals surface area contributed by atoms with Crippen molar-refractivity contribution in [2.75, 3.05) is 32.5 Å². The van der Waals surface area contributed by atoms with Crippen LogP contribution in [0.1, 0.15) is 18.5 Å². The number of anilines is 1. The molecule has 0 fully saturated rings. The van der Waals surface area contributed by atoms with Crippen molar-refractivity contribution in [1.29, 1.82) is 0 Å². The Balaban J connectivity index is 1.86. The Labute approximate surface area is 169 Å². The number of carbonyl (C=O) groups excluding carboxylic acids is 2. The smallest absolute Gasteiger partial charge is 0.279 e. The molecule has 2 rings (SSSR count). The van der Waals surface area contributed by atoms with Gasteiger partial charge in [-0.05, 0) is 30.7 Å². The monoisotopic (exact) mass is 408 g/mol. The molecule has 2 aromatic carbocycles. The first-order valence-electron chi connectivity index (χ1n) is 8.64. The minimum Gasteiger partial charge on any atom is -0.334 e. The fourth-order valence-corrected chi connectivity index (χ4v) is 2.97. The molecule has 0 heterocycles. The number of quaternary nitrogens is 1. The number of rotatable bonds is 7. The lowest BCUT2D eigenvalue weighted by atomic mass is 10.1. The van der Waals surface area contributed by atoms with Gasteiger partial charge in [-0.2, -0.15) is 0 Å². The normalized spacial score (nSPS) is 12.9. The van der Waals surface area contributed by atoms with Crippen molar-refractivity contribution in [2.24, 2.45) is 0 Å². The second kappa shape index (κ2) is 9.74. The average Bonchev–Trinajstić information content (AvgIpc) is 2.64. The van der Waals surface area contributed by atoms with Gasteiger partial charge in [0.1, 0.15) is 0 Å². The maximum atomic E-state index is 12.5. The van der Waals surface area contributed by atoms with E-state index >= 15 is 0 Å². The molecule has 2 aromatic rings. The summed E-state index contributed by atoms with van der Waals surface area (Å²) in [5, 5.41) is 3.57. The third-order valence-electron chi connectivity index (χ3n) is 4.38. The van der Waals surface area contributed by atoms with Crippen LogP contribution in [0.25, 0.3) is 0 Å². The van der Waals surface area contributed by atoms with E-state index in [0.29, 0.717) is 15.7 Å². The van der Waals surface area contributed by atoms with Gasteiger partial charge in [0.2, 0.25) is 0 Å². The Hall–Kier alpha value is -2.08. The zero-order valence-electron chi connectivity index (χ0n) is 15.6. The molecule has 0 bridgehead atoms. The van der Waals surface area contributed by atoms with E-state index in [0.717, 1.165) is 10.5 Å². The summed E-state index contributed by atoms with van der Waals surface area (Å²) in [6.45, 7) is 2.38. The molecular weight excluding hydrogens is 385 g/mol. The fourth-order valence-electron chi connectivity index (χ4n) is 2.67. The van der Waals surface area contributed by atoms with E-state index in [1.54, 1.807) is 30.1 Å². The van der Waals surface area contributed by atoms with E-state index in [2.05, 4.69) is 5.32 Å². The van der Waals surface area contributed by atoms with Gasteiger partial charge in [0, 0.05) is 12.7 Å². The molecule has 0 aromatic heterocycles. The SMILES string of the molecule is C[C@@H](c1ccccc1)N(C)C(=O)C[NH+](C)CC(=O)Nc1ccc(Cl)c(Cl)c1. The summed E-state index contributed by atoms with van der Waals surface area (Å²) in [5.41, 5.74) is 1.65. The maximum Gasteiger partial charge on any atom is 0.279 e. The van der Waals surface area contributed by atoms with Gasteiger partial charge in [-0.1, -0.05) is 53.5 Å². The van der Waals surface area contributed by atoms with Crippen LogP contribution in [0, 0.1) is 0 Å². The number of hydrogen-bond donors (Lipinski definition) is 2. The van der Waals surface area contributed by atoms with E-state index in [9.17, 15) is 9.59 Å². The first-order valence-corrected chi connectivity index (χ1v) is 9.40. The molecule has 2 atom stereocenters. The number of benzene rings is 2. The number of amides is 2. The highest BCUT2D eigenvalue weighted by molar-refractivity contribution is 6.42. The van der Waals surface area contributed by atoms with Crippen molar-refractivity contribution in [1.82, 2.24) is 4.90 Å². The van der Waals surface area contributed by atoms with E-state index in [-0.39, 0.29) is 30.9 Å². The van der Waals surface area contributed by atoms with Gasteiger partial charge in [-0.15, -0.1) is 0 Å². The number of hydrogen-bond acceptors (Lipinski definition) is 2. The van der Waals surface area contributed by atoms with Crippen LogP contribution in [0.3, 0.4) is 0 Å². The number of carbonyl (C=O) groups is 2. The number of likely N-dealkylation sites (N-methyl/N-ethyl adjacent to an activating group) is 2. The zero-order valence-corrected chi connectivity index (χ0v) is 17.1. The van der Waals surface area contributed by atoms with Crippen LogP contribution in [0.15, 0.2) is 48.5 Å². The zero-order chi connectivity index (χ0) is 20.0. The Bertz CT molecular complexity index is 799. The van der Waals surface area contributed by atoms with Crippen LogP contribution in [0.2, 0.25) is 10.0 Å². The molecule has 2 N–H and O–H groups in total. The molecule has 2 amide bonds. The summed E-state index contributed by atoms with van der Waals surface area (Å²) >= 11 is 11.8. The second-order valence-electron chi connectivity index (χ2n) is 6.58. The van der Waals surface area contributed by atoms with Crippen LogP contribution in [0.4, 0.5) is 5.69 Å². The average molecular weight is 409 g/mol. The van der Waals surface area contributed by atoms with Crippen molar-refractivity contribution in [3.05, 3.63) is 64.1 Å². The van der Waals surface area contributed by atoms with Gasteiger partial charge in [0.05, 0.1) is 23.1 Å². The number of halogens is 2. The molecule has 0 saturated heterocycles. The standard InChI is InChI=1S/C20H23Cl2N3O2/c1-14(15-7-5-4-6-8-15)25(3)20(27)13-24(2)12-19(26)23-16-9-10-17(21)18(22)11-16/h4-11,14H,12-13H2,1-3H3,(H,23,26)/p+1/t14-/m0/s1.